The quantitative estimate of drug-likeness (QED) is 0.888. The number of benzene rings is 1. The number of aromatic nitrogens is 1. The van der Waals surface area contributed by atoms with Crippen LogP contribution in [0.2, 0.25) is 0 Å². The highest BCUT2D eigenvalue weighted by atomic mass is 32.1. The Hall–Kier alpha value is -1.13. The summed E-state index contributed by atoms with van der Waals surface area (Å²) in [6, 6.07) is 6.02. The Morgan fingerprint density at radius 1 is 1.35 bits per heavy atom. The van der Waals surface area contributed by atoms with E-state index >= 15 is 0 Å². The lowest BCUT2D eigenvalue weighted by Gasteiger charge is -2.19. The Morgan fingerprint density at radius 2 is 2.12 bits per heavy atom. The molecule has 2 N–H and O–H groups in total. The van der Waals surface area contributed by atoms with E-state index in [1.807, 2.05) is 12.1 Å². The Balaban J connectivity index is 2.07. The molecule has 3 nitrogen and oxygen atoms in total. The molecule has 1 aliphatic carbocycles. The SMILES string of the molecule is COc1ccc2sc(C3(N)CCCC3)nc2c1. The topological polar surface area (TPSA) is 48.1 Å². The van der Waals surface area contributed by atoms with Gasteiger partial charge in [-0.05, 0) is 25.0 Å². The van der Waals surface area contributed by atoms with E-state index in [4.69, 9.17) is 10.5 Å². The first-order valence-corrected chi connectivity index (χ1v) is 6.77. The number of nitrogens with two attached hydrogens (primary N) is 1. The van der Waals surface area contributed by atoms with Crippen LogP contribution in [0, 0.1) is 0 Å². The van der Waals surface area contributed by atoms with Crippen molar-refractivity contribution in [2.24, 2.45) is 5.73 Å². The van der Waals surface area contributed by atoms with E-state index in [1.165, 1.54) is 17.5 Å². The van der Waals surface area contributed by atoms with Crippen molar-refractivity contribution in [1.82, 2.24) is 4.98 Å². The predicted molar refractivity (Wildman–Crippen MR) is 70.5 cm³/mol. The molecule has 90 valence electrons. The second kappa shape index (κ2) is 3.96. The molecular formula is C13H16N2OS. The van der Waals surface area contributed by atoms with Gasteiger partial charge in [-0.25, -0.2) is 4.98 Å². The van der Waals surface area contributed by atoms with Gasteiger partial charge in [-0.3, -0.25) is 0 Å². The number of rotatable bonds is 2. The zero-order valence-electron chi connectivity index (χ0n) is 9.90. The number of fused-ring (bicyclic) bond motifs is 1. The van der Waals surface area contributed by atoms with Gasteiger partial charge in [-0.1, -0.05) is 12.8 Å². The van der Waals surface area contributed by atoms with Gasteiger partial charge in [0.25, 0.3) is 0 Å². The van der Waals surface area contributed by atoms with Gasteiger partial charge in [0.05, 0.1) is 22.9 Å². The molecule has 1 fully saturated rings. The number of thiazole rings is 1. The van der Waals surface area contributed by atoms with E-state index in [-0.39, 0.29) is 5.54 Å². The van der Waals surface area contributed by atoms with Crippen LogP contribution >= 0.6 is 11.3 Å². The molecule has 1 aromatic heterocycles. The molecule has 2 aromatic rings. The van der Waals surface area contributed by atoms with Crippen LogP contribution in [0.3, 0.4) is 0 Å². The van der Waals surface area contributed by atoms with Crippen molar-refractivity contribution in [1.29, 1.82) is 0 Å². The van der Waals surface area contributed by atoms with Crippen molar-refractivity contribution in [2.45, 2.75) is 31.2 Å². The van der Waals surface area contributed by atoms with Crippen molar-refractivity contribution in [3.8, 4) is 5.75 Å². The van der Waals surface area contributed by atoms with Gasteiger partial charge in [0.1, 0.15) is 10.8 Å². The van der Waals surface area contributed by atoms with Gasteiger partial charge in [0, 0.05) is 6.07 Å². The Morgan fingerprint density at radius 3 is 2.82 bits per heavy atom. The van der Waals surface area contributed by atoms with Crippen molar-refractivity contribution in [2.75, 3.05) is 7.11 Å². The molecule has 0 amide bonds. The third-order valence-electron chi connectivity index (χ3n) is 3.52. The predicted octanol–water partition coefficient (Wildman–Crippen LogP) is 3.03. The number of methoxy groups -OCH3 is 1. The average Bonchev–Trinajstić information content (AvgIpc) is 2.94. The fraction of sp³-hybridized carbons (Fsp3) is 0.462. The first-order chi connectivity index (χ1) is 8.21. The summed E-state index contributed by atoms with van der Waals surface area (Å²) in [6.45, 7) is 0. The van der Waals surface area contributed by atoms with E-state index < -0.39 is 0 Å². The molecule has 0 bridgehead atoms. The molecule has 0 radical (unpaired) electrons. The monoisotopic (exact) mass is 248 g/mol. The highest BCUT2D eigenvalue weighted by Crippen LogP contribution is 2.40. The Labute approximate surface area is 105 Å². The van der Waals surface area contributed by atoms with Gasteiger partial charge in [0.2, 0.25) is 0 Å². The zero-order valence-corrected chi connectivity index (χ0v) is 10.7. The third kappa shape index (κ3) is 1.81. The fourth-order valence-electron chi connectivity index (χ4n) is 2.47. The third-order valence-corrected chi connectivity index (χ3v) is 4.77. The van der Waals surface area contributed by atoms with Crippen molar-refractivity contribution in [3.05, 3.63) is 23.2 Å². The van der Waals surface area contributed by atoms with E-state index in [2.05, 4.69) is 11.1 Å². The lowest BCUT2D eigenvalue weighted by atomic mass is 10.0. The normalized spacial score (nSPS) is 18.7. The van der Waals surface area contributed by atoms with Crippen LogP contribution in [-0.4, -0.2) is 12.1 Å². The first kappa shape index (κ1) is 11.0. The summed E-state index contributed by atoms with van der Waals surface area (Å²) in [5.74, 6) is 0.854. The van der Waals surface area contributed by atoms with E-state index in [1.54, 1.807) is 18.4 Å². The molecule has 1 saturated carbocycles. The van der Waals surface area contributed by atoms with Gasteiger partial charge in [-0.15, -0.1) is 11.3 Å². The number of ether oxygens (including phenoxy) is 1. The highest BCUT2D eigenvalue weighted by Gasteiger charge is 2.34. The van der Waals surface area contributed by atoms with Gasteiger partial charge in [0.15, 0.2) is 0 Å². The summed E-state index contributed by atoms with van der Waals surface area (Å²) < 4.78 is 6.41. The highest BCUT2D eigenvalue weighted by molar-refractivity contribution is 7.18. The van der Waals surface area contributed by atoms with E-state index in [0.717, 1.165) is 29.1 Å². The molecule has 0 aliphatic heterocycles. The molecule has 0 spiro atoms. The second-order valence-corrected chi connectivity index (χ2v) is 5.75. The number of hydrogen-bond acceptors (Lipinski definition) is 4. The van der Waals surface area contributed by atoms with Gasteiger partial charge in [-0.2, -0.15) is 0 Å². The lowest BCUT2D eigenvalue weighted by Crippen LogP contribution is -2.32. The summed E-state index contributed by atoms with van der Waals surface area (Å²) in [4.78, 5) is 4.69. The molecule has 3 rings (SSSR count). The summed E-state index contributed by atoms with van der Waals surface area (Å²) in [7, 11) is 1.68. The maximum Gasteiger partial charge on any atom is 0.121 e. The molecule has 1 aromatic carbocycles. The van der Waals surface area contributed by atoms with E-state index in [0.29, 0.717) is 0 Å². The van der Waals surface area contributed by atoms with Crippen LogP contribution in [0.25, 0.3) is 10.2 Å². The molecular weight excluding hydrogens is 232 g/mol. The van der Waals surface area contributed by atoms with Crippen molar-refractivity contribution >= 4 is 21.6 Å². The van der Waals surface area contributed by atoms with Crippen LogP contribution in [-0.2, 0) is 5.54 Å². The summed E-state index contributed by atoms with van der Waals surface area (Å²) in [6.07, 6.45) is 4.55. The molecule has 1 heterocycles. The second-order valence-electron chi connectivity index (χ2n) is 4.72. The van der Waals surface area contributed by atoms with Gasteiger partial charge >= 0.3 is 0 Å². The standard InChI is InChI=1S/C13H16N2OS/c1-16-9-4-5-11-10(8-9)15-12(17-11)13(14)6-2-3-7-13/h4-5,8H,2-3,6-7,14H2,1H3. The molecule has 1 aliphatic rings. The Bertz CT molecular complexity index is 543. The Kier molecular flexibility index (Phi) is 2.56. The summed E-state index contributed by atoms with van der Waals surface area (Å²) in [5, 5.41) is 1.08. The zero-order chi connectivity index (χ0) is 11.9. The first-order valence-electron chi connectivity index (χ1n) is 5.95. The minimum atomic E-state index is -0.184. The minimum Gasteiger partial charge on any atom is -0.497 e. The number of hydrogen-bond donors (Lipinski definition) is 1. The largest absolute Gasteiger partial charge is 0.497 e. The van der Waals surface area contributed by atoms with Crippen LogP contribution in [0.4, 0.5) is 0 Å². The molecule has 0 unspecified atom stereocenters. The van der Waals surface area contributed by atoms with Gasteiger partial charge < -0.3 is 10.5 Å². The van der Waals surface area contributed by atoms with E-state index in [9.17, 15) is 0 Å². The van der Waals surface area contributed by atoms with Crippen molar-refractivity contribution < 1.29 is 4.74 Å². The summed E-state index contributed by atoms with van der Waals surface area (Å²) >= 11 is 1.72. The molecule has 4 heteroatoms. The summed E-state index contributed by atoms with van der Waals surface area (Å²) in [5.41, 5.74) is 7.25. The average molecular weight is 248 g/mol. The van der Waals surface area contributed by atoms with Crippen LogP contribution < -0.4 is 10.5 Å². The molecule has 0 saturated heterocycles. The maximum absolute atomic E-state index is 6.43. The van der Waals surface area contributed by atoms with Crippen molar-refractivity contribution in [3.63, 3.8) is 0 Å². The number of nitrogens with zero attached hydrogens (tertiary/aromatic N) is 1. The molecule has 0 atom stereocenters. The lowest BCUT2D eigenvalue weighted by molar-refractivity contribution is 0.415. The van der Waals surface area contributed by atoms with Crippen LogP contribution in [0.1, 0.15) is 30.7 Å². The minimum absolute atomic E-state index is 0.184. The van der Waals surface area contributed by atoms with Crippen LogP contribution in [0.5, 0.6) is 5.75 Å². The van der Waals surface area contributed by atoms with Crippen LogP contribution in [0.15, 0.2) is 18.2 Å². The maximum atomic E-state index is 6.43. The fourth-order valence-corrected chi connectivity index (χ4v) is 3.57. The smallest absolute Gasteiger partial charge is 0.121 e. The molecule has 17 heavy (non-hydrogen) atoms.